The van der Waals surface area contributed by atoms with Crippen LogP contribution in [0.15, 0.2) is 24.3 Å². The first-order valence-corrected chi connectivity index (χ1v) is 8.39. The molecule has 2 unspecified atom stereocenters. The third kappa shape index (κ3) is 3.20. The third-order valence-corrected chi connectivity index (χ3v) is 5.63. The Kier molecular flexibility index (Phi) is 4.32. The van der Waals surface area contributed by atoms with Crippen LogP contribution in [0.2, 0.25) is 0 Å². The van der Waals surface area contributed by atoms with E-state index in [1.54, 1.807) is 6.07 Å². The quantitative estimate of drug-likeness (QED) is 0.781. The van der Waals surface area contributed by atoms with Crippen LogP contribution in [0, 0.1) is 11.2 Å². The van der Waals surface area contributed by atoms with Crippen molar-refractivity contribution < 1.29 is 14.3 Å². The summed E-state index contributed by atoms with van der Waals surface area (Å²) in [6.07, 6.45) is 4.62. The molecule has 1 aromatic rings. The van der Waals surface area contributed by atoms with Crippen LogP contribution < -0.4 is 10.6 Å². The molecule has 2 saturated carbocycles. The van der Waals surface area contributed by atoms with Gasteiger partial charge in [0.15, 0.2) is 0 Å². The number of rotatable bonds is 5. The van der Waals surface area contributed by atoms with E-state index in [1.807, 2.05) is 19.1 Å². The molecule has 4 nitrogen and oxygen atoms in total. The molecule has 0 saturated heterocycles. The van der Waals surface area contributed by atoms with Crippen molar-refractivity contribution in [2.45, 2.75) is 50.5 Å². The van der Waals surface area contributed by atoms with Crippen molar-refractivity contribution in [3.8, 4) is 0 Å². The molecule has 2 aliphatic rings. The fraction of sp³-hybridized carbons (Fsp3) is 0.611. The molecular weight excluding hydrogens is 295 g/mol. The summed E-state index contributed by atoms with van der Waals surface area (Å²) in [5.41, 5.74) is 0.208. The minimum absolute atomic E-state index is 0.00360. The summed E-state index contributed by atoms with van der Waals surface area (Å²) in [6, 6.07) is 6.58. The molecule has 0 radical (unpaired) electrons. The van der Waals surface area contributed by atoms with Crippen LogP contribution in [0.4, 0.5) is 9.18 Å². The summed E-state index contributed by atoms with van der Waals surface area (Å²) >= 11 is 0. The number of aliphatic hydroxyl groups is 1. The van der Waals surface area contributed by atoms with Crippen molar-refractivity contribution in [1.82, 2.24) is 10.6 Å². The Morgan fingerprint density at radius 1 is 1.35 bits per heavy atom. The summed E-state index contributed by atoms with van der Waals surface area (Å²) in [7, 11) is 0. The minimum atomic E-state index is -0.251. The van der Waals surface area contributed by atoms with E-state index in [2.05, 4.69) is 10.6 Å². The van der Waals surface area contributed by atoms with Crippen molar-refractivity contribution in [2.75, 3.05) is 13.2 Å². The number of aliphatic hydroxyl groups excluding tert-OH is 1. The number of hydrogen-bond acceptors (Lipinski definition) is 2. The van der Waals surface area contributed by atoms with E-state index in [0.29, 0.717) is 12.1 Å². The maximum atomic E-state index is 14.0. The molecule has 23 heavy (non-hydrogen) atoms. The molecule has 0 spiro atoms. The molecule has 3 N–H and O–H groups in total. The second-order valence-corrected chi connectivity index (χ2v) is 7.34. The van der Waals surface area contributed by atoms with E-state index >= 15 is 0 Å². The summed E-state index contributed by atoms with van der Waals surface area (Å²) in [5, 5.41) is 15.4. The zero-order chi connectivity index (χ0) is 16.5. The number of halogens is 1. The Morgan fingerprint density at radius 2 is 2.09 bits per heavy atom. The van der Waals surface area contributed by atoms with E-state index < -0.39 is 0 Å². The van der Waals surface area contributed by atoms with Gasteiger partial charge >= 0.3 is 6.03 Å². The van der Waals surface area contributed by atoms with E-state index in [9.17, 15) is 14.3 Å². The van der Waals surface area contributed by atoms with Gasteiger partial charge in [0, 0.05) is 23.4 Å². The highest BCUT2D eigenvalue weighted by Crippen LogP contribution is 2.48. The minimum Gasteiger partial charge on any atom is -0.396 e. The standard InChI is InChI=1S/C18H25FN2O2/c1-17(12-22)8-4-7-15(17)21-16(23)20-11-18(9-10-18)13-5-2-3-6-14(13)19/h2-3,5-6,15,22H,4,7-12H2,1H3,(H2,20,21,23). The van der Waals surface area contributed by atoms with Crippen LogP contribution in [0.3, 0.4) is 0 Å². The van der Waals surface area contributed by atoms with Crippen LogP contribution in [-0.4, -0.2) is 30.3 Å². The topological polar surface area (TPSA) is 61.4 Å². The molecular formula is C18H25FN2O2. The number of amides is 2. The highest BCUT2D eigenvalue weighted by atomic mass is 19.1. The molecule has 0 aliphatic heterocycles. The van der Waals surface area contributed by atoms with Crippen LogP contribution in [0.5, 0.6) is 0 Å². The van der Waals surface area contributed by atoms with Gasteiger partial charge < -0.3 is 15.7 Å². The normalized spacial score (nSPS) is 28.4. The number of nitrogens with one attached hydrogen (secondary N) is 2. The van der Waals surface area contributed by atoms with Crippen molar-refractivity contribution in [2.24, 2.45) is 5.41 Å². The third-order valence-electron chi connectivity index (χ3n) is 5.63. The lowest BCUT2D eigenvalue weighted by molar-refractivity contribution is 0.121. The van der Waals surface area contributed by atoms with Crippen molar-refractivity contribution in [1.29, 1.82) is 0 Å². The molecule has 5 heteroatoms. The Labute approximate surface area is 136 Å². The highest BCUT2D eigenvalue weighted by molar-refractivity contribution is 5.74. The zero-order valence-electron chi connectivity index (χ0n) is 13.6. The summed E-state index contributed by atoms with van der Waals surface area (Å²) in [4.78, 5) is 12.2. The van der Waals surface area contributed by atoms with E-state index in [1.165, 1.54) is 6.07 Å². The van der Waals surface area contributed by atoms with Gasteiger partial charge in [-0.3, -0.25) is 0 Å². The number of carbonyl (C=O) groups is 1. The van der Waals surface area contributed by atoms with Crippen LogP contribution in [-0.2, 0) is 5.41 Å². The number of carbonyl (C=O) groups excluding carboxylic acids is 1. The first kappa shape index (κ1) is 16.2. The number of urea groups is 1. The lowest BCUT2D eigenvalue weighted by Crippen LogP contribution is -2.49. The SMILES string of the molecule is CC1(CO)CCCC1NC(=O)NCC1(c2ccccc2F)CC1. The molecule has 2 atom stereocenters. The molecule has 2 aliphatic carbocycles. The largest absolute Gasteiger partial charge is 0.396 e. The Morgan fingerprint density at radius 3 is 2.74 bits per heavy atom. The van der Waals surface area contributed by atoms with Gasteiger partial charge in [-0.1, -0.05) is 31.5 Å². The van der Waals surface area contributed by atoms with Crippen molar-refractivity contribution in [3.63, 3.8) is 0 Å². The van der Waals surface area contributed by atoms with Gasteiger partial charge in [-0.2, -0.15) is 0 Å². The van der Waals surface area contributed by atoms with Gasteiger partial charge in [0.05, 0.1) is 6.61 Å². The molecule has 2 amide bonds. The van der Waals surface area contributed by atoms with Gasteiger partial charge in [0.25, 0.3) is 0 Å². The first-order valence-electron chi connectivity index (χ1n) is 8.39. The van der Waals surface area contributed by atoms with E-state index in [-0.39, 0.29) is 35.3 Å². The van der Waals surface area contributed by atoms with Gasteiger partial charge in [-0.05, 0) is 37.3 Å². The predicted molar refractivity (Wildman–Crippen MR) is 86.7 cm³/mol. The first-order chi connectivity index (χ1) is 11.0. The van der Waals surface area contributed by atoms with Crippen molar-refractivity contribution in [3.05, 3.63) is 35.6 Å². The van der Waals surface area contributed by atoms with Gasteiger partial charge in [0.2, 0.25) is 0 Å². The summed E-state index contributed by atoms with van der Waals surface area (Å²) < 4.78 is 14.0. The van der Waals surface area contributed by atoms with Crippen molar-refractivity contribution >= 4 is 6.03 Å². The molecule has 0 heterocycles. The monoisotopic (exact) mass is 320 g/mol. The second kappa shape index (κ2) is 6.11. The average Bonchev–Trinajstić information content (AvgIpc) is 3.25. The Balaban J connectivity index is 1.57. The second-order valence-electron chi connectivity index (χ2n) is 7.34. The molecule has 0 aromatic heterocycles. The highest BCUT2D eigenvalue weighted by Gasteiger charge is 2.46. The Hall–Kier alpha value is -1.62. The van der Waals surface area contributed by atoms with Crippen LogP contribution in [0.25, 0.3) is 0 Å². The maximum absolute atomic E-state index is 14.0. The molecule has 0 bridgehead atoms. The Bertz CT molecular complexity index is 588. The van der Waals surface area contributed by atoms with E-state index in [4.69, 9.17) is 0 Å². The van der Waals surface area contributed by atoms with Crippen LogP contribution in [0.1, 0.15) is 44.6 Å². The van der Waals surface area contributed by atoms with Gasteiger partial charge in [0.1, 0.15) is 5.82 Å². The summed E-state index contributed by atoms with van der Waals surface area (Å²) in [5.74, 6) is -0.198. The maximum Gasteiger partial charge on any atom is 0.315 e. The average molecular weight is 320 g/mol. The fourth-order valence-electron chi connectivity index (χ4n) is 3.71. The van der Waals surface area contributed by atoms with E-state index in [0.717, 1.165) is 32.1 Å². The predicted octanol–water partition coefficient (Wildman–Crippen LogP) is 2.71. The summed E-state index contributed by atoms with van der Waals surface area (Å²) in [6.45, 7) is 2.53. The number of hydrogen-bond donors (Lipinski definition) is 3. The van der Waals surface area contributed by atoms with Crippen LogP contribution >= 0.6 is 0 Å². The molecule has 126 valence electrons. The van der Waals surface area contributed by atoms with Gasteiger partial charge in [-0.15, -0.1) is 0 Å². The molecule has 2 fully saturated rings. The molecule has 3 rings (SSSR count). The van der Waals surface area contributed by atoms with Gasteiger partial charge in [-0.25, -0.2) is 9.18 Å². The zero-order valence-corrected chi connectivity index (χ0v) is 13.6. The molecule has 1 aromatic carbocycles. The smallest absolute Gasteiger partial charge is 0.315 e. The fourth-order valence-corrected chi connectivity index (χ4v) is 3.71. The lowest BCUT2D eigenvalue weighted by Gasteiger charge is -2.30. The number of benzene rings is 1. The lowest BCUT2D eigenvalue weighted by atomic mass is 9.86.